The maximum Gasteiger partial charge on any atom is 0.253 e. The zero-order valence-electron chi connectivity index (χ0n) is 15.5. The molecule has 0 aliphatic carbocycles. The second kappa shape index (κ2) is 7.40. The standard InChI is InChI=1S/C20H27N3O2/c1-13(2)23-8-7-15(12-23)11-21-20(24)18-9-16-5-6-17(25-4)10-19(16)22-14(18)3/h5-6,9-10,13,15H,7-8,11-12H2,1-4H3,(H,21,24)/t15-/m0/s1. The predicted molar refractivity (Wildman–Crippen MR) is 100 cm³/mol. The molecule has 5 nitrogen and oxygen atoms in total. The fourth-order valence-corrected chi connectivity index (χ4v) is 3.43. The van der Waals surface area contributed by atoms with Crippen LogP contribution in [0, 0.1) is 12.8 Å². The highest BCUT2D eigenvalue weighted by atomic mass is 16.5. The van der Waals surface area contributed by atoms with Crippen molar-refractivity contribution >= 4 is 16.8 Å². The van der Waals surface area contributed by atoms with Crippen LogP contribution in [0.5, 0.6) is 5.75 Å². The number of benzene rings is 1. The summed E-state index contributed by atoms with van der Waals surface area (Å²) in [5.74, 6) is 1.27. The van der Waals surface area contributed by atoms with Crippen molar-refractivity contribution < 1.29 is 9.53 Å². The molecule has 1 aliphatic rings. The lowest BCUT2D eigenvalue weighted by atomic mass is 10.1. The Balaban J connectivity index is 1.69. The molecule has 134 valence electrons. The highest BCUT2D eigenvalue weighted by Crippen LogP contribution is 2.22. The van der Waals surface area contributed by atoms with E-state index in [-0.39, 0.29) is 5.91 Å². The molecule has 0 saturated carbocycles. The Bertz CT molecular complexity index is 773. The number of carbonyl (C=O) groups excluding carboxylic acids is 1. The Morgan fingerprint density at radius 2 is 2.20 bits per heavy atom. The maximum absolute atomic E-state index is 12.6. The second-order valence-electron chi connectivity index (χ2n) is 7.13. The summed E-state index contributed by atoms with van der Waals surface area (Å²) in [6.07, 6.45) is 1.15. The van der Waals surface area contributed by atoms with Crippen LogP contribution in [0.3, 0.4) is 0 Å². The van der Waals surface area contributed by atoms with E-state index in [1.54, 1.807) is 7.11 Å². The van der Waals surface area contributed by atoms with Crippen LogP contribution in [0.2, 0.25) is 0 Å². The number of hydrogen-bond acceptors (Lipinski definition) is 4. The van der Waals surface area contributed by atoms with Crippen LogP contribution in [0.25, 0.3) is 10.9 Å². The Hall–Kier alpha value is -2.14. The van der Waals surface area contributed by atoms with Gasteiger partial charge in [0.15, 0.2) is 0 Å². The van der Waals surface area contributed by atoms with E-state index in [2.05, 4.69) is 29.0 Å². The minimum absolute atomic E-state index is 0.0364. The van der Waals surface area contributed by atoms with Gasteiger partial charge in [0.25, 0.3) is 5.91 Å². The summed E-state index contributed by atoms with van der Waals surface area (Å²) in [6.45, 7) is 9.23. The molecule has 0 bridgehead atoms. The van der Waals surface area contributed by atoms with Crippen LogP contribution in [-0.2, 0) is 0 Å². The van der Waals surface area contributed by atoms with Gasteiger partial charge in [0.1, 0.15) is 5.75 Å². The molecule has 1 amide bonds. The predicted octanol–water partition coefficient (Wildman–Crippen LogP) is 3.01. The summed E-state index contributed by atoms with van der Waals surface area (Å²) in [7, 11) is 1.64. The number of nitrogens with one attached hydrogen (secondary N) is 1. The van der Waals surface area contributed by atoms with Gasteiger partial charge in [-0.05, 0) is 57.9 Å². The van der Waals surface area contributed by atoms with Gasteiger partial charge in [-0.2, -0.15) is 0 Å². The molecule has 1 aromatic heterocycles. The molecule has 1 saturated heterocycles. The molecule has 0 spiro atoms. The van der Waals surface area contributed by atoms with Gasteiger partial charge in [0.05, 0.1) is 23.9 Å². The van der Waals surface area contributed by atoms with Crippen molar-refractivity contribution in [3.8, 4) is 5.75 Å². The molecule has 5 heteroatoms. The van der Waals surface area contributed by atoms with Crippen LogP contribution in [0.15, 0.2) is 24.3 Å². The van der Waals surface area contributed by atoms with E-state index in [0.29, 0.717) is 17.5 Å². The number of hydrogen-bond donors (Lipinski definition) is 1. The van der Waals surface area contributed by atoms with Gasteiger partial charge >= 0.3 is 0 Å². The molecule has 1 aromatic carbocycles. The van der Waals surface area contributed by atoms with Crippen LogP contribution in [-0.4, -0.2) is 48.6 Å². The summed E-state index contributed by atoms with van der Waals surface area (Å²) in [5.41, 5.74) is 2.24. The minimum Gasteiger partial charge on any atom is -0.497 e. The average molecular weight is 341 g/mol. The number of nitrogens with zero attached hydrogens (tertiary/aromatic N) is 2. The Labute approximate surface area is 149 Å². The monoisotopic (exact) mass is 341 g/mol. The lowest BCUT2D eigenvalue weighted by molar-refractivity contribution is 0.0946. The number of rotatable bonds is 5. The number of fused-ring (bicyclic) bond motifs is 1. The molecule has 25 heavy (non-hydrogen) atoms. The molecule has 1 fully saturated rings. The highest BCUT2D eigenvalue weighted by Gasteiger charge is 2.24. The van der Waals surface area contributed by atoms with Gasteiger partial charge in [-0.15, -0.1) is 0 Å². The number of aryl methyl sites for hydroxylation is 1. The topological polar surface area (TPSA) is 54.5 Å². The first-order chi connectivity index (χ1) is 12.0. The number of aromatic nitrogens is 1. The van der Waals surface area contributed by atoms with Crippen molar-refractivity contribution in [2.24, 2.45) is 5.92 Å². The smallest absolute Gasteiger partial charge is 0.253 e. The molecule has 0 radical (unpaired) electrons. The maximum atomic E-state index is 12.6. The van der Waals surface area contributed by atoms with E-state index >= 15 is 0 Å². The average Bonchev–Trinajstić information content (AvgIpc) is 3.08. The number of ether oxygens (including phenoxy) is 1. The SMILES string of the molecule is COc1ccc2cc(C(=O)NC[C@@H]3CCN(C(C)C)C3)c(C)nc2c1. The summed E-state index contributed by atoms with van der Waals surface area (Å²) in [5, 5.41) is 4.05. The summed E-state index contributed by atoms with van der Waals surface area (Å²) >= 11 is 0. The first kappa shape index (κ1) is 17.7. The van der Waals surface area contributed by atoms with Gasteiger partial charge in [0, 0.05) is 30.6 Å². The Kier molecular flexibility index (Phi) is 5.23. The van der Waals surface area contributed by atoms with Crippen LogP contribution in [0.1, 0.15) is 36.3 Å². The van der Waals surface area contributed by atoms with Gasteiger partial charge in [-0.3, -0.25) is 9.78 Å². The van der Waals surface area contributed by atoms with E-state index in [9.17, 15) is 4.79 Å². The third-order valence-electron chi connectivity index (χ3n) is 5.06. The normalized spacial score (nSPS) is 18.0. The van der Waals surface area contributed by atoms with Crippen molar-refractivity contribution in [3.63, 3.8) is 0 Å². The first-order valence-corrected chi connectivity index (χ1v) is 8.95. The summed E-state index contributed by atoms with van der Waals surface area (Å²) in [4.78, 5) is 19.7. The molecule has 0 unspecified atom stereocenters. The lowest BCUT2D eigenvalue weighted by Crippen LogP contribution is -2.33. The zero-order valence-corrected chi connectivity index (χ0v) is 15.5. The molecule has 1 aliphatic heterocycles. The fraction of sp³-hybridized carbons (Fsp3) is 0.500. The molecule has 3 rings (SSSR count). The highest BCUT2D eigenvalue weighted by molar-refractivity contribution is 5.98. The lowest BCUT2D eigenvalue weighted by Gasteiger charge is -2.20. The number of pyridine rings is 1. The van der Waals surface area contributed by atoms with Crippen molar-refractivity contribution in [2.45, 2.75) is 33.2 Å². The largest absolute Gasteiger partial charge is 0.497 e. The fourth-order valence-electron chi connectivity index (χ4n) is 3.43. The summed E-state index contributed by atoms with van der Waals surface area (Å²) in [6, 6.07) is 8.21. The molecule has 1 atom stereocenters. The van der Waals surface area contributed by atoms with Gasteiger partial charge in [0.2, 0.25) is 0 Å². The number of likely N-dealkylation sites (tertiary alicyclic amines) is 1. The van der Waals surface area contributed by atoms with Crippen LogP contribution >= 0.6 is 0 Å². The summed E-state index contributed by atoms with van der Waals surface area (Å²) < 4.78 is 5.24. The van der Waals surface area contributed by atoms with E-state index in [1.807, 2.05) is 31.2 Å². The second-order valence-corrected chi connectivity index (χ2v) is 7.13. The minimum atomic E-state index is -0.0364. The van der Waals surface area contributed by atoms with Crippen LogP contribution < -0.4 is 10.1 Å². The number of carbonyl (C=O) groups is 1. The van der Waals surface area contributed by atoms with Gasteiger partial charge in [-0.25, -0.2) is 0 Å². The van der Waals surface area contributed by atoms with E-state index in [0.717, 1.165) is 48.4 Å². The van der Waals surface area contributed by atoms with Crippen molar-refractivity contribution in [1.82, 2.24) is 15.2 Å². The zero-order chi connectivity index (χ0) is 18.0. The number of methoxy groups -OCH3 is 1. The van der Waals surface area contributed by atoms with Gasteiger partial charge in [-0.1, -0.05) is 0 Å². The van der Waals surface area contributed by atoms with Gasteiger partial charge < -0.3 is 15.0 Å². The Morgan fingerprint density at radius 1 is 1.40 bits per heavy atom. The molecule has 2 aromatic rings. The molecule has 1 N–H and O–H groups in total. The van der Waals surface area contributed by atoms with Crippen molar-refractivity contribution in [1.29, 1.82) is 0 Å². The quantitative estimate of drug-likeness (QED) is 0.908. The third kappa shape index (κ3) is 3.93. The molecular weight excluding hydrogens is 314 g/mol. The van der Waals surface area contributed by atoms with Crippen LogP contribution in [0.4, 0.5) is 0 Å². The van der Waals surface area contributed by atoms with E-state index < -0.39 is 0 Å². The first-order valence-electron chi connectivity index (χ1n) is 8.95. The van der Waals surface area contributed by atoms with Crippen molar-refractivity contribution in [2.75, 3.05) is 26.7 Å². The third-order valence-corrected chi connectivity index (χ3v) is 5.06. The molecular formula is C20H27N3O2. The van der Waals surface area contributed by atoms with Crippen molar-refractivity contribution in [3.05, 3.63) is 35.5 Å². The Morgan fingerprint density at radius 3 is 2.88 bits per heavy atom. The molecule has 2 heterocycles. The van der Waals surface area contributed by atoms with E-state index in [4.69, 9.17) is 4.74 Å². The van der Waals surface area contributed by atoms with E-state index in [1.165, 1.54) is 0 Å². The number of amides is 1.